The first-order valence-corrected chi connectivity index (χ1v) is 9.71. The number of hydrogen-bond acceptors (Lipinski definition) is 4. The van der Waals surface area contributed by atoms with Gasteiger partial charge in [-0.3, -0.25) is 9.36 Å². The van der Waals surface area contributed by atoms with E-state index in [0.717, 1.165) is 16.9 Å². The smallest absolute Gasteiger partial charge is 0.193 e. The van der Waals surface area contributed by atoms with E-state index in [-0.39, 0.29) is 5.43 Å². The summed E-state index contributed by atoms with van der Waals surface area (Å²) < 4.78 is 1.93. The number of anilines is 2. The fourth-order valence-corrected chi connectivity index (χ4v) is 3.50. The molecule has 0 aliphatic carbocycles. The summed E-state index contributed by atoms with van der Waals surface area (Å²) in [5.41, 5.74) is 3.55. The Hall–Kier alpha value is -3.44. The largest absolute Gasteiger partial charge is 0.387 e. The first-order chi connectivity index (χ1) is 14.1. The minimum atomic E-state index is -0.678. The zero-order valence-corrected chi connectivity index (χ0v) is 16.5. The van der Waals surface area contributed by atoms with Gasteiger partial charge in [-0.05, 0) is 49.2 Å². The van der Waals surface area contributed by atoms with Crippen LogP contribution in [0.15, 0.2) is 77.6 Å². The van der Waals surface area contributed by atoms with E-state index in [1.807, 2.05) is 79.1 Å². The van der Waals surface area contributed by atoms with Crippen LogP contribution in [-0.2, 0) is 0 Å². The van der Waals surface area contributed by atoms with Crippen LogP contribution >= 0.6 is 0 Å². The van der Waals surface area contributed by atoms with Crippen LogP contribution in [0.3, 0.4) is 0 Å². The second-order valence-corrected chi connectivity index (χ2v) is 7.04. The number of nitrogens with zero attached hydrogens (tertiary/aromatic N) is 2. The number of hydrogen-bond donors (Lipinski definition) is 2. The zero-order chi connectivity index (χ0) is 20.4. The van der Waals surface area contributed by atoms with Gasteiger partial charge in [0.2, 0.25) is 0 Å². The molecule has 2 aromatic heterocycles. The molecule has 2 aromatic carbocycles. The molecule has 0 spiro atoms. The summed E-state index contributed by atoms with van der Waals surface area (Å²) in [5, 5.41) is 14.3. The second-order valence-electron chi connectivity index (χ2n) is 7.04. The first kappa shape index (κ1) is 18.9. The Morgan fingerprint density at radius 2 is 1.69 bits per heavy atom. The van der Waals surface area contributed by atoms with Crippen molar-refractivity contribution in [2.24, 2.45) is 0 Å². The van der Waals surface area contributed by atoms with Crippen molar-refractivity contribution in [2.45, 2.75) is 26.4 Å². The first-order valence-electron chi connectivity index (χ1n) is 9.71. The molecule has 0 radical (unpaired) electrons. The van der Waals surface area contributed by atoms with Crippen molar-refractivity contribution in [3.05, 3.63) is 94.3 Å². The summed E-state index contributed by atoms with van der Waals surface area (Å²) in [6.07, 6.45) is -0.127. The molecule has 4 rings (SSSR count). The van der Waals surface area contributed by atoms with Gasteiger partial charge in [0.25, 0.3) is 0 Å². The van der Waals surface area contributed by atoms with Gasteiger partial charge in [0.1, 0.15) is 5.82 Å². The molecular formula is C24H23N3O2. The summed E-state index contributed by atoms with van der Waals surface area (Å²) in [6.45, 7) is 3.79. The monoisotopic (exact) mass is 385 g/mol. The maximum atomic E-state index is 13.0. The number of aryl methyl sites for hydroxylation is 1. The van der Waals surface area contributed by atoms with Crippen molar-refractivity contribution in [2.75, 3.05) is 5.32 Å². The number of nitrogens with one attached hydrogen (secondary N) is 1. The number of fused-ring (bicyclic) bond motifs is 1. The number of benzene rings is 2. The lowest BCUT2D eigenvalue weighted by atomic mass is 10.1. The average Bonchev–Trinajstić information content (AvgIpc) is 2.74. The molecule has 4 aromatic rings. The molecule has 146 valence electrons. The second kappa shape index (κ2) is 7.89. The highest BCUT2D eigenvalue weighted by atomic mass is 16.3. The van der Waals surface area contributed by atoms with Crippen LogP contribution in [-0.4, -0.2) is 14.7 Å². The predicted octanol–water partition coefficient (Wildman–Crippen LogP) is 4.88. The summed E-state index contributed by atoms with van der Waals surface area (Å²) in [6, 6.07) is 22.9. The topological polar surface area (TPSA) is 67.2 Å². The van der Waals surface area contributed by atoms with Crippen LogP contribution in [0.5, 0.6) is 0 Å². The van der Waals surface area contributed by atoms with Gasteiger partial charge in [0.05, 0.1) is 17.2 Å². The van der Waals surface area contributed by atoms with Crippen molar-refractivity contribution in [3.8, 4) is 5.69 Å². The normalized spacial score (nSPS) is 12.1. The van der Waals surface area contributed by atoms with E-state index in [1.54, 1.807) is 12.1 Å². The molecule has 0 fully saturated rings. The van der Waals surface area contributed by atoms with Crippen LogP contribution in [0.1, 0.15) is 30.7 Å². The van der Waals surface area contributed by atoms with E-state index in [1.165, 1.54) is 0 Å². The summed E-state index contributed by atoms with van der Waals surface area (Å²) in [5.74, 6) is 0.620. The minimum absolute atomic E-state index is 0.104. The third-order valence-electron chi connectivity index (χ3n) is 4.97. The van der Waals surface area contributed by atoms with Crippen LogP contribution < -0.4 is 10.7 Å². The van der Waals surface area contributed by atoms with E-state index in [4.69, 9.17) is 4.98 Å². The Morgan fingerprint density at radius 1 is 1.03 bits per heavy atom. The lowest BCUT2D eigenvalue weighted by Gasteiger charge is -2.20. The Bertz CT molecular complexity index is 1200. The van der Waals surface area contributed by atoms with Gasteiger partial charge in [-0.1, -0.05) is 43.3 Å². The third-order valence-corrected chi connectivity index (χ3v) is 4.97. The molecule has 1 unspecified atom stereocenters. The number of aliphatic hydroxyl groups is 1. The molecule has 0 saturated carbocycles. The maximum Gasteiger partial charge on any atom is 0.193 e. The van der Waals surface area contributed by atoms with Gasteiger partial charge in [0.15, 0.2) is 11.1 Å². The molecule has 1 atom stereocenters. The van der Waals surface area contributed by atoms with Crippen molar-refractivity contribution in [3.63, 3.8) is 0 Å². The maximum absolute atomic E-state index is 13.0. The molecule has 5 heteroatoms. The Morgan fingerprint density at radius 3 is 2.34 bits per heavy atom. The fraction of sp³-hybridized carbons (Fsp3) is 0.167. The van der Waals surface area contributed by atoms with Crippen molar-refractivity contribution in [1.29, 1.82) is 0 Å². The number of rotatable bonds is 5. The average molecular weight is 385 g/mol. The molecule has 2 heterocycles. The standard InChI is InChI=1S/C24H23N3O2/c1-3-20(28)19-14-16(2)23-21(29)15-22(25-17-10-6-4-7-11-17)27(24(23)26-19)18-12-8-5-9-13-18/h4-15,20,25,28H,3H2,1-2H3. The van der Waals surface area contributed by atoms with Crippen LogP contribution in [0.4, 0.5) is 11.5 Å². The molecule has 0 aliphatic rings. The molecule has 5 nitrogen and oxygen atoms in total. The lowest BCUT2D eigenvalue weighted by Crippen LogP contribution is -2.16. The highest BCUT2D eigenvalue weighted by Crippen LogP contribution is 2.27. The van der Waals surface area contributed by atoms with Gasteiger partial charge in [-0.15, -0.1) is 0 Å². The molecule has 2 N–H and O–H groups in total. The molecular weight excluding hydrogens is 362 g/mol. The van der Waals surface area contributed by atoms with Gasteiger partial charge in [-0.25, -0.2) is 4.98 Å². The van der Waals surface area contributed by atoms with Crippen LogP contribution in [0, 0.1) is 6.92 Å². The number of para-hydroxylation sites is 2. The van der Waals surface area contributed by atoms with Gasteiger partial charge in [0, 0.05) is 17.4 Å². The van der Waals surface area contributed by atoms with E-state index in [9.17, 15) is 9.90 Å². The number of pyridine rings is 2. The van der Waals surface area contributed by atoms with Crippen molar-refractivity contribution >= 4 is 22.5 Å². The van der Waals surface area contributed by atoms with E-state index < -0.39 is 6.10 Å². The molecule has 0 amide bonds. The Labute approximate surface area is 169 Å². The predicted molar refractivity (Wildman–Crippen MR) is 117 cm³/mol. The fourth-order valence-electron chi connectivity index (χ4n) is 3.50. The highest BCUT2D eigenvalue weighted by molar-refractivity contribution is 5.84. The molecule has 0 aliphatic heterocycles. The Balaban J connectivity index is 2.05. The summed E-state index contributed by atoms with van der Waals surface area (Å²) in [4.78, 5) is 17.7. The highest BCUT2D eigenvalue weighted by Gasteiger charge is 2.17. The SMILES string of the molecule is CCC(O)c1cc(C)c2c(=O)cc(Nc3ccccc3)n(-c3ccccc3)c2n1. The number of aliphatic hydroxyl groups excluding tert-OH is 1. The van der Waals surface area contributed by atoms with Crippen molar-refractivity contribution in [1.82, 2.24) is 9.55 Å². The van der Waals surface area contributed by atoms with Gasteiger partial charge < -0.3 is 10.4 Å². The van der Waals surface area contributed by atoms with Crippen molar-refractivity contribution < 1.29 is 5.11 Å². The van der Waals surface area contributed by atoms with Gasteiger partial charge >= 0.3 is 0 Å². The minimum Gasteiger partial charge on any atom is -0.387 e. The lowest BCUT2D eigenvalue weighted by molar-refractivity contribution is 0.169. The van der Waals surface area contributed by atoms with Crippen LogP contribution in [0.25, 0.3) is 16.7 Å². The van der Waals surface area contributed by atoms with E-state index >= 15 is 0 Å². The summed E-state index contributed by atoms with van der Waals surface area (Å²) >= 11 is 0. The zero-order valence-electron chi connectivity index (χ0n) is 16.5. The van der Waals surface area contributed by atoms with E-state index in [0.29, 0.717) is 29.0 Å². The quantitative estimate of drug-likeness (QED) is 0.514. The van der Waals surface area contributed by atoms with Crippen LogP contribution in [0.2, 0.25) is 0 Å². The molecule has 0 bridgehead atoms. The molecule has 29 heavy (non-hydrogen) atoms. The Kier molecular flexibility index (Phi) is 5.14. The third kappa shape index (κ3) is 3.65. The number of aromatic nitrogens is 2. The molecule has 0 saturated heterocycles. The summed E-state index contributed by atoms with van der Waals surface area (Å²) in [7, 11) is 0. The van der Waals surface area contributed by atoms with E-state index in [2.05, 4.69) is 5.32 Å². The van der Waals surface area contributed by atoms with Gasteiger partial charge in [-0.2, -0.15) is 0 Å².